The van der Waals surface area contributed by atoms with E-state index in [4.69, 9.17) is 9.47 Å². The van der Waals surface area contributed by atoms with Gasteiger partial charge in [0.05, 0.1) is 26.5 Å². The topological polar surface area (TPSA) is 88.7 Å². The fourth-order valence-corrected chi connectivity index (χ4v) is 2.54. The summed E-state index contributed by atoms with van der Waals surface area (Å²) in [6.07, 6.45) is 1.96. The predicted molar refractivity (Wildman–Crippen MR) is 110 cm³/mol. The highest BCUT2D eigenvalue weighted by molar-refractivity contribution is 5.96. The Morgan fingerprint density at radius 1 is 1.04 bits per heavy atom. The van der Waals surface area contributed by atoms with Gasteiger partial charge in [-0.15, -0.1) is 0 Å². The minimum atomic E-state index is -0.246. The number of benzene rings is 2. The molecule has 28 heavy (non-hydrogen) atoms. The Labute approximate surface area is 165 Å². The fraction of sp³-hybridized carbons (Fsp3) is 0.333. The molecule has 0 saturated carbocycles. The predicted octanol–water partition coefficient (Wildman–Crippen LogP) is 3.28. The summed E-state index contributed by atoms with van der Waals surface area (Å²) in [6, 6.07) is 12.2. The van der Waals surface area contributed by atoms with Crippen molar-refractivity contribution in [2.45, 2.75) is 19.8 Å². The molecule has 0 aliphatic heterocycles. The maximum absolute atomic E-state index is 12.3. The molecule has 0 aliphatic rings. The lowest BCUT2D eigenvalue weighted by molar-refractivity contribution is -0.114. The standard InChI is InChI=1S/C21H27N3O4/c1-4-5-11-22-21(26)15-7-6-8-16(12-15)23-14-20(25)24-18-13-17(27-2)9-10-19(18)28-3/h6-10,12-13,23H,4-5,11,14H2,1-3H3,(H,22,26)(H,24,25). The van der Waals surface area contributed by atoms with E-state index in [0.29, 0.717) is 35.0 Å². The molecule has 2 aromatic carbocycles. The molecule has 150 valence electrons. The Kier molecular flexibility index (Phi) is 8.14. The largest absolute Gasteiger partial charge is 0.497 e. The molecule has 2 rings (SSSR count). The molecular weight excluding hydrogens is 358 g/mol. The normalized spacial score (nSPS) is 10.1. The molecule has 0 unspecified atom stereocenters. The van der Waals surface area contributed by atoms with E-state index in [0.717, 1.165) is 12.8 Å². The van der Waals surface area contributed by atoms with Gasteiger partial charge in [0, 0.05) is 23.9 Å². The van der Waals surface area contributed by atoms with Crippen molar-refractivity contribution in [1.82, 2.24) is 5.32 Å². The van der Waals surface area contributed by atoms with Crippen molar-refractivity contribution in [3.8, 4) is 11.5 Å². The van der Waals surface area contributed by atoms with Gasteiger partial charge in [0.15, 0.2) is 0 Å². The highest BCUT2D eigenvalue weighted by Gasteiger charge is 2.10. The van der Waals surface area contributed by atoms with Gasteiger partial charge in [0.2, 0.25) is 5.91 Å². The number of ether oxygens (including phenoxy) is 2. The zero-order valence-corrected chi connectivity index (χ0v) is 16.5. The van der Waals surface area contributed by atoms with Crippen LogP contribution in [0.1, 0.15) is 30.1 Å². The van der Waals surface area contributed by atoms with E-state index < -0.39 is 0 Å². The van der Waals surface area contributed by atoms with Crippen LogP contribution in [0.2, 0.25) is 0 Å². The van der Waals surface area contributed by atoms with Crippen molar-refractivity contribution in [3.63, 3.8) is 0 Å². The third-order valence-corrected chi connectivity index (χ3v) is 4.07. The minimum absolute atomic E-state index is 0.0429. The second kappa shape index (κ2) is 10.8. The Morgan fingerprint density at radius 3 is 2.57 bits per heavy atom. The van der Waals surface area contributed by atoms with Crippen LogP contribution in [0.4, 0.5) is 11.4 Å². The lowest BCUT2D eigenvalue weighted by atomic mass is 10.2. The minimum Gasteiger partial charge on any atom is -0.497 e. The first kappa shape index (κ1) is 21.1. The second-order valence-electron chi connectivity index (χ2n) is 6.16. The summed E-state index contributed by atoms with van der Waals surface area (Å²) in [5, 5.41) is 8.70. The summed E-state index contributed by atoms with van der Waals surface area (Å²) in [5.41, 5.74) is 1.77. The van der Waals surface area contributed by atoms with Crippen LogP contribution in [0.3, 0.4) is 0 Å². The molecule has 0 spiro atoms. The van der Waals surface area contributed by atoms with Gasteiger partial charge in [-0.1, -0.05) is 19.4 Å². The molecule has 2 amide bonds. The van der Waals surface area contributed by atoms with Crippen LogP contribution in [0.25, 0.3) is 0 Å². The van der Waals surface area contributed by atoms with Gasteiger partial charge in [-0.25, -0.2) is 0 Å². The van der Waals surface area contributed by atoms with Gasteiger partial charge in [0.25, 0.3) is 5.91 Å². The summed E-state index contributed by atoms with van der Waals surface area (Å²) in [5.74, 6) is 0.790. The maximum atomic E-state index is 12.3. The van der Waals surface area contributed by atoms with Gasteiger partial charge in [-0.05, 0) is 36.8 Å². The summed E-state index contributed by atoms with van der Waals surface area (Å²) >= 11 is 0. The number of carbonyl (C=O) groups is 2. The van der Waals surface area contributed by atoms with Crippen LogP contribution in [0, 0.1) is 0 Å². The first-order valence-electron chi connectivity index (χ1n) is 9.21. The number of hydrogen-bond donors (Lipinski definition) is 3. The lowest BCUT2D eigenvalue weighted by Gasteiger charge is -2.13. The second-order valence-corrected chi connectivity index (χ2v) is 6.16. The monoisotopic (exact) mass is 385 g/mol. The summed E-state index contributed by atoms with van der Waals surface area (Å²) in [6.45, 7) is 2.77. The number of rotatable bonds is 10. The van der Waals surface area contributed by atoms with E-state index in [1.807, 2.05) is 6.07 Å². The Hall–Kier alpha value is -3.22. The fourth-order valence-electron chi connectivity index (χ4n) is 2.54. The molecule has 0 atom stereocenters. The molecule has 0 fully saturated rings. The first-order chi connectivity index (χ1) is 13.6. The molecule has 0 aromatic heterocycles. The molecule has 0 aliphatic carbocycles. The van der Waals surface area contributed by atoms with Crippen molar-refractivity contribution in [1.29, 1.82) is 0 Å². The number of nitrogens with one attached hydrogen (secondary N) is 3. The van der Waals surface area contributed by atoms with Crippen LogP contribution in [0.15, 0.2) is 42.5 Å². The smallest absolute Gasteiger partial charge is 0.251 e. The van der Waals surface area contributed by atoms with Gasteiger partial charge in [-0.3, -0.25) is 9.59 Å². The van der Waals surface area contributed by atoms with Crippen LogP contribution in [-0.4, -0.2) is 39.1 Å². The van der Waals surface area contributed by atoms with Crippen LogP contribution in [-0.2, 0) is 4.79 Å². The first-order valence-corrected chi connectivity index (χ1v) is 9.21. The van der Waals surface area contributed by atoms with E-state index >= 15 is 0 Å². The Bertz CT molecular complexity index is 808. The van der Waals surface area contributed by atoms with Crippen molar-refractivity contribution in [3.05, 3.63) is 48.0 Å². The van der Waals surface area contributed by atoms with Crippen molar-refractivity contribution < 1.29 is 19.1 Å². The Balaban J connectivity index is 1.94. The van der Waals surface area contributed by atoms with Gasteiger partial charge >= 0.3 is 0 Å². The number of carbonyl (C=O) groups excluding carboxylic acids is 2. The van der Waals surface area contributed by atoms with Crippen LogP contribution in [0.5, 0.6) is 11.5 Å². The van der Waals surface area contributed by atoms with Crippen molar-refractivity contribution >= 4 is 23.2 Å². The van der Waals surface area contributed by atoms with Crippen LogP contribution >= 0.6 is 0 Å². The molecule has 0 bridgehead atoms. The highest BCUT2D eigenvalue weighted by Crippen LogP contribution is 2.28. The van der Waals surface area contributed by atoms with E-state index in [2.05, 4.69) is 22.9 Å². The number of anilines is 2. The van der Waals surface area contributed by atoms with E-state index in [1.165, 1.54) is 7.11 Å². The summed E-state index contributed by atoms with van der Waals surface area (Å²) in [4.78, 5) is 24.4. The zero-order chi connectivity index (χ0) is 20.4. The average Bonchev–Trinajstić information content (AvgIpc) is 2.72. The third-order valence-electron chi connectivity index (χ3n) is 4.07. The van der Waals surface area contributed by atoms with E-state index in [9.17, 15) is 9.59 Å². The SMILES string of the molecule is CCCCNC(=O)c1cccc(NCC(=O)Nc2cc(OC)ccc2OC)c1. The molecule has 0 saturated heterocycles. The zero-order valence-electron chi connectivity index (χ0n) is 16.5. The molecule has 7 nitrogen and oxygen atoms in total. The molecular formula is C21H27N3O4. The number of unbranched alkanes of at least 4 members (excludes halogenated alkanes) is 1. The quantitative estimate of drug-likeness (QED) is 0.546. The molecule has 2 aromatic rings. The lowest BCUT2D eigenvalue weighted by Crippen LogP contribution is -2.25. The molecule has 3 N–H and O–H groups in total. The number of amides is 2. The van der Waals surface area contributed by atoms with E-state index in [1.54, 1.807) is 43.5 Å². The van der Waals surface area contributed by atoms with Gasteiger partial charge in [-0.2, -0.15) is 0 Å². The van der Waals surface area contributed by atoms with Gasteiger partial charge < -0.3 is 25.4 Å². The number of methoxy groups -OCH3 is 2. The summed E-state index contributed by atoms with van der Waals surface area (Å²) < 4.78 is 10.4. The van der Waals surface area contributed by atoms with Gasteiger partial charge in [0.1, 0.15) is 11.5 Å². The van der Waals surface area contributed by atoms with Crippen molar-refractivity contribution in [2.75, 3.05) is 37.9 Å². The van der Waals surface area contributed by atoms with Crippen LogP contribution < -0.4 is 25.4 Å². The summed E-state index contributed by atoms with van der Waals surface area (Å²) in [7, 11) is 3.09. The maximum Gasteiger partial charge on any atom is 0.251 e. The van der Waals surface area contributed by atoms with E-state index in [-0.39, 0.29) is 18.4 Å². The Morgan fingerprint density at radius 2 is 1.86 bits per heavy atom. The molecule has 7 heteroatoms. The average molecular weight is 385 g/mol. The molecule has 0 heterocycles. The highest BCUT2D eigenvalue weighted by atomic mass is 16.5. The number of hydrogen-bond acceptors (Lipinski definition) is 5. The molecule has 0 radical (unpaired) electrons. The van der Waals surface area contributed by atoms with Crippen molar-refractivity contribution in [2.24, 2.45) is 0 Å². The third kappa shape index (κ3) is 6.19.